The first-order valence-electron chi connectivity index (χ1n) is 9.81. The second-order valence-corrected chi connectivity index (χ2v) is 11.0. The van der Waals surface area contributed by atoms with E-state index in [0.29, 0.717) is 32.5 Å². The van der Waals surface area contributed by atoms with E-state index in [1.807, 2.05) is 12.1 Å². The van der Waals surface area contributed by atoms with Gasteiger partial charge in [-0.15, -0.1) is 0 Å². The van der Waals surface area contributed by atoms with E-state index in [0.717, 1.165) is 18.4 Å². The lowest BCUT2D eigenvalue weighted by atomic mass is 9.99. The van der Waals surface area contributed by atoms with Gasteiger partial charge in [0.25, 0.3) is 0 Å². The van der Waals surface area contributed by atoms with E-state index in [1.165, 1.54) is 22.8 Å². The Hall–Kier alpha value is -1.81. The molecule has 1 aliphatic rings. The molecular weight excluding hydrogens is 410 g/mol. The summed E-state index contributed by atoms with van der Waals surface area (Å²) >= 11 is 0. The van der Waals surface area contributed by atoms with Gasteiger partial charge in [-0.25, -0.2) is 21.6 Å². The van der Waals surface area contributed by atoms with Crippen molar-refractivity contribution in [3.63, 3.8) is 0 Å². The van der Waals surface area contributed by atoms with Crippen LogP contribution in [0.1, 0.15) is 31.7 Å². The summed E-state index contributed by atoms with van der Waals surface area (Å²) in [6.07, 6.45) is 6.04. The van der Waals surface area contributed by atoms with Crippen LogP contribution in [0.2, 0.25) is 0 Å². The van der Waals surface area contributed by atoms with Gasteiger partial charge in [0.2, 0.25) is 20.0 Å². The van der Waals surface area contributed by atoms with Crippen molar-refractivity contribution in [2.75, 3.05) is 19.6 Å². The highest BCUT2D eigenvalue weighted by atomic mass is 32.2. The number of benzene rings is 1. The fourth-order valence-corrected chi connectivity index (χ4v) is 5.99. The van der Waals surface area contributed by atoms with Gasteiger partial charge in [0.15, 0.2) is 0 Å². The van der Waals surface area contributed by atoms with Crippen LogP contribution in [-0.2, 0) is 26.5 Å². The average molecular weight is 438 g/mol. The summed E-state index contributed by atoms with van der Waals surface area (Å²) in [5, 5.41) is 0. The number of pyridine rings is 1. The quantitative estimate of drug-likeness (QED) is 0.684. The number of hydrogen-bond donors (Lipinski definition) is 1. The van der Waals surface area contributed by atoms with Gasteiger partial charge < -0.3 is 0 Å². The molecule has 0 unspecified atom stereocenters. The van der Waals surface area contributed by atoms with Crippen LogP contribution in [0.25, 0.3) is 0 Å². The number of hydrogen-bond acceptors (Lipinski definition) is 5. The first-order valence-corrected chi connectivity index (χ1v) is 12.7. The SMILES string of the molecule is CCCc1ccc(S(=O)(=O)NCC2CCN(S(=O)(=O)c3cccnc3)CC2)cc1. The monoisotopic (exact) mass is 437 g/mol. The van der Waals surface area contributed by atoms with Crippen molar-refractivity contribution in [1.29, 1.82) is 0 Å². The number of aromatic nitrogens is 1. The predicted octanol–water partition coefficient (Wildman–Crippen LogP) is 2.41. The zero-order valence-electron chi connectivity index (χ0n) is 16.5. The fraction of sp³-hybridized carbons (Fsp3) is 0.450. The van der Waals surface area contributed by atoms with Gasteiger partial charge in [-0.2, -0.15) is 4.31 Å². The Morgan fingerprint density at radius 3 is 2.31 bits per heavy atom. The lowest BCUT2D eigenvalue weighted by Gasteiger charge is -2.31. The van der Waals surface area contributed by atoms with Crippen LogP contribution >= 0.6 is 0 Å². The van der Waals surface area contributed by atoms with Gasteiger partial charge in [0, 0.05) is 32.0 Å². The maximum atomic E-state index is 12.6. The molecule has 7 nitrogen and oxygen atoms in total. The van der Waals surface area contributed by atoms with Gasteiger partial charge >= 0.3 is 0 Å². The summed E-state index contributed by atoms with van der Waals surface area (Å²) < 4.78 is 54.5. The van der Waals surface area contributed by atoms with E-state index in [4.69, 9.17) is 0 Å². The summed E-state index contributed by atoms with van der Waals surface area (Å²) in [7, 11) is -7.11. The number of aryl methyl sites for hydroxylation is 1. The third kappa shape index (κ3) is 5.42. The molecule has 0 radical (unpaired) electrons. The largest absolute Gasteiger partial charge is 0.263 e. The van der Waals surface area contributed by atoms with E-state index in [-0.39, 0.29) is 15.7 Å². The second-order valence-electron chi connectivity index (χ2n) is 7.28. The Morgan fingerprint density at radius 2 is 1.72 bits per heavy atom. The fourth-order valence-electron chi connectivity index (χ4n) is 3.44. The van der Waals surface area contributed by atoms with Crippen LogP contribution < -0.4 is 4.72 Å². The summed E-state index contributed by atoms with van der Waals surface area (Å²) in [6.45, 7) is 3.13. The molecule has 0 aliphatic carbocycles. The molecule has 29 heavy (non-hydrogen) atoms. The lowest BCUT2D eigenvalue weighted by Crippen LogP contribution is -2.41. The Kier molecular flexibility index (Phi) is 7.05. The summed E-state index contributed by atoms with van der Waals surface area (Å²) in [6, 6.07) is 10.1. The van der Waals surface area contributed by atoms with E-state index >= 15 is 0 Å². The van der Waals surface area contributed by atoms with Gasteiger partial charge in [0.1, 0.15) is 4.90 Å². The molecule has 0 spiro atoms. The molecule has 1 aromatic carbocycles. The van der Waals surface area contributed by atoms with Gasteiger partial charge in [-0.1, -0.05) is 25.5 Å². The highest BCUT2D eigenvalue weighted by molar-refractivity contribution is 7.89. The molecule has 1 aliphatic heterocycles. The minimum Gasteiger partial charge on any atom is -0.263 e. The van der Waals surface area contributed by atoms with Crippen LogP contribution in [0.4, 0.5) is 0 Å². The van der Waals surface area contributed by atoms with E-state index in [1.54, 1.807) is 18.2 Å². The van der Waals surface area contributed by atoms with Crippen molar-refractivity contribution in [1.82, 2.24) is 14.0 Å². The first kappa shape index (κ1) is 21.9. The molecule has 1 aromatic heterocycles. The van der Waals surface area contributed by atoms with Crippen LogP contribution in [0.5, 0.6) is 0 Å². The lowest BCUT2D eigenvalue weighted by molar-refractivity contribution is 0.274. The molecule has 0 bridgehead atoms. The number of rotatable bonds is 8. The zero-order chi connectivity index (χ0) is 20.9. The molecule has 1 N–H and O–H groups in total. The average Bonchev–Trinajstić information content (AvgIpc) is 2.74. The minimum atomic E-state index is -3.57. The normalized spacial score (nSPS) is 16.7. The van der Waals surface area contributed by atoms with Crippen molar-refractivity contribution in [3.05, 3.63) is 54.4 Å². The molecule has 1 fully saturated rings. The van der Waals surface area contributed by atoms with Crippen molar-refractivity contribution in [2.45, 2.75) is 42.4 Å². The number of nitrogens with one attached hydrogen (secondary N) is 1. The van der Waals surface area contributed by atoms with E-state index < -0.39 is 20.0 Å². The maximum Gasteiger partial charge on any atom is 0.244 e. The van der Waals surface area contributed by atoms with Crippen LogP contribution in [0.3, 0.4) is 0 Å². The number of piperidine rings is 1. The third-order valence-corrected chi connectivity index (χ3v) is 8.50. The Bertz CT molecular complexity index is 999. The molecule has 2 heterocycles. The van der Waals surface area contributed by atoms with Crippen molar-refractivity contribution >= 4 is 20.0 Å². The molecule has 3 rings (SSSR count). The summed E-state index contributed by atoms with van der Waals surface area (Å²) in [5.74, 6) is 0.101. The molecular formula is C20H27N3O4S2. The predicted molar refractivity (Wildman–Crippen MR) is 111 cm³/mol. The number of sulfonamides is 2. The highest BCUT2D eigenvalue weighted by Gasteiger charge is 2.30. The minimum absolute atomic E-state index is 0.101. The molecule has 1 saturated heterocycles. The smallest absolute Gasteiger partial charge is 0.244 e. The van der Waals surface area contributed by atoms with E-state index in [2.05, 4.69) is 16.6 Å². The Labute approximate surface area is 173 Å². The van der Waals surface area contributed by atoms with Gasteiger partial charge in [0.05, 0.1) is 4.90 Å². The molecule has 0 atom stereocenters. The second kappa shape index (κ2) is 9.34. The maximum absolute atomic E-state index is 12.6. The molecule has 0 amide bonds. The molecule has 158 valence electrons. The summed E-state index contributed by atoms with van der Waals surface area (Å²) in [4.78, 5) is 4.32. The molecule has 0 saturated carbocycles. The van der Waals surface area contributed by atoms with Crippen LogP contribution in [-0.4, -0.2) is 45.8 Å². The molecule has 2 aromatic rings. The number of nitrogens with zero attached hydrogens (tertiary/aromatic N) is 2. The Morgan fingerprint density at radius 1 is 1.03 bits per heavy atom. The summed E-state index contributed by atoms with van der Waals surface area (Å²) in [5.41, 5.74) is 1.12. The van der Waals surface area contributed by atoms with Crippen molar-refractivity contribution in [2.24, 2.45) is 5.92 Å². The van der Waals surface area contributed by atoms with Crippen molar-refractivity contribution < 1.29 is 16.8 Å². The topological polar surface area (TPSA) is 96.4 Å². The van der Waals surface area contributed by atoms with Crippen LogP contribution in [0, 0.1) is 5.92 Å². The standard InChI is InChI=1S/C20H27N3O4S2/c1-2-4-17-6-8-19(9-7-17)28(24,25)22-15-18-10-13-23(14-11-18)29(26,27)20-5-3-12-21-16-20/h3,5-9,12,16,18,22H,2,4,10-11,13-15H2,1H3. The van der Waals surface area contributed by atoms with Gasteiger partial charge in [-0.3, -0.25) is 4.98 Å². The molecule has 9 heteroatoms. The zero-order valence-corrected chi connectivity index (χ0v) is 18.1. The Balaban J connectivity index is 1.54. The first-order chi connectivity index (χ1) is 13.8. The highest BCUT2D eigenvalue weighted by Crippen LogP contribution is 2.23. The van der Waals surface area contributed by atoms with E-state index in [9.17, 15) is 16.8 Å². The third-order valence-electron chi connectivity index (χ3n) is 5.18. The van der Waals surface area contributed by atoms with Crippen LogP contribution in [0.15, 0.2) is 58.6 Å². The van der Waals surface area contributed by atoms with Crippen molar-refractivity contribution in [3.8, 4) is 0 Å². The van der Waals surface area contributed by atoms with Gasteiger partial charge in [-0.05, 0) is 55.0 Å².